The SMILES string of the molecule is Cc1c(Cl)cccc1S(=O)(=O)N1CCCC(NC(=O)C2CCC(O)CC2)C1. The lowest BCUT2D eigenvalue weighted by atomic mass is 9.86. The number of rotatable bonds is 4. The van der Waals surface area contributed by atoms with E-state index in [1.807, 2.05) is 0 Å². The van der Waals surface area contributed by atoms with E-state index < -0.39 is 10.0 Å². The molecule has 150 valence electrons. The van der Waals surface area contributed by atoms with Crippen LogP contribution in [0, 0.1) is 12.8 Å². The van der Waals surface area contributed by atoms with Gasteiger partial charge in [-0.1, -0.05) is 17.7 Å². The average molecular weight is 415 g/mol. The van der Waals surface area contributed by atoms with Crippen molar-refractivity contribution in [1.29, 1.82) is 0 Å². The van der Waals surface area contributed by atoms with E-state index >= 15 is 0 Å². The average Bonchev–Trinajstić information content (AvgIpc) is 2.64. The summed E-state index contributed by atoms with van der Waals surface area (Å²) in [6, 6.07) is 4.71. The number of sulfonamides is 1. The molecule has 0 aromatic heterocycles. The highest BCUT2D eigenvalue weighted by molar-refractivity contribution is 7.89. The fourth-order valence-electron chi connectivity index (χ4n) is 3.94. The molecular weight excluding hydrogens is 388 g/mol. The van der Waals surface area contributed by atoms with Gasteiger partial charge in [-0.3, -0.25) is 4.79 Å². The minimum absolute atomic E-state index is 0.0231. The van der Waals surface area contributed by atoms with Crippen molar-refractivity contribution in [3.63, 3.8) is 0 Å². The highest BCUT2D eigenvalue weighted by Crippen LogP contribution is 2.28. The van der Waals surface area contributed by atoms with Gasteiger partial charge in [0.25, 0.3) is 0 Å². The van der Waals surface area contributed by atoms with E-state index in [4.69, 9.17) is 11.6 Å². The lowest BCUT2D eigenvalue weighted by Gasteiger charge is -2.34. The molecule has 3 rings (SSSR count). The second-order valence-corrected chi connectivity index (χ2v) is 9.89. The Kier molecular flexibility index (Phi) is 6.46. The third-order valence-corrected chi connectivity index (χ3v) is 8.05. The largest absolute Gasteiger partial charge is 0.393 e. The molecule has 2 fully saturated rings. The van der Waals surface area contributed by atoms with Crippen molar-refractivity contribution in [2.75, 3.05) is 13.1 Å². The first kappa shape index (κ1) is 20.6. The topological polar surface area (TPSA) is 86.7 Å². The highest BCUT2D eigenvalue weighted by atomic mass is 35.5. The number of aliphatic hydroxyl groups is 1. The van der Waals surface area contributed by atoms with Crippen molar-refractivity contribution in [2.45, 2.75) is 62.5 Å². The van der Waals surface area contributed by atoms with Crippen molar-refractivity contribution in [3.05, 3.63) is 28.8 Å². The third kappa shape index (κ3) is 4.65. The molecule has 0 bridgehead atoms. The standard InChI is InChI=1S/C19H27ClN2O4S/c1-13-17(20)5-2-6-18(13)27(25,26)22-11-3-4-15(12-22)21-19(24)14-7-9-16(23)10-8-14/h2,5-6,14-16,23H,3-4,7-12H2,1H3,(H,21,24). The van der Waals surface area contributed by atoms with Crippen LogP contribution in [0.5, 0.6) is 0 Å². The van der Waals surface area contributed by atoms with Crippen molar-refractivity contribution in [3.8, 4) is 0 Å². The number of nitrogens with one attached hydrogen (secondary N) is 1. The highest BCUT2D eigenvalue weighted by Gasteiger charge is 2.33. The van der Waals surface area contributed by atoms with Crippen LogP contribution in [-0.2, 0) is 14.8 Å². The Morgan fingerprint density at radius 3 is 2.63 bits per heavy atom. The van der Waals surface area contributed by atoms with Crippen LogP contribution >= 0.6 is 11.6 Å². The normalized spacial score (nSPS) is 27.3. The summed E-state index contributed by atoms with van der Waals surface area (Å²) in [4.78, 5) is 12.7. The molecule has 1 heterocycles. The molecule has 1 aromatic rings. The van der Waals surface area contributed by atoms with Crippen LogP contribution in [0.2, 0.25) is 5.02 Å². The van der Waals surface area contributed by atoms with Crippen LogP contribution < -0.4 is 5.32 Å². The lowest BCUT2D eigenvalue weighted by Crippen LogP contribution is -2.51. The Morgan fingerprint density at radius 1 is 1.22 bits per heavy atom. The maximum absolute atomic E-state index is 13.1. The molecule has 2 aliphatic rings. The molecule has 1 aliphatic heterocycles. The fourth-order valence-corrected chi connectivity index (χ4v) is 5.94. The Hall–Kier alpha value is -1.15. The lowest BCUT2D eigenvalue weighted by molar-refractivity contribution is -0.127. The van der Waals surface area contributed by atoms with E-state index in [-0.39, 0.29) is 35.4 Å². The molecule has 1 saturated heterocycles. The molecule has 27 heavy (non-hydrogen) atoms. The Bertz CT molecular complexity index is 791. The molecule has 2 N–H and O–H groups in total. The molecule has 1 aliphatic carbocycles. The first-order valence-corrected chi connectivity index (χ1v) is 11.3. The zero-order valence-electron chi connectivity index (χ0n) is 15.5. The van der Waals surface area contributed by atoms with Crippen LogP contribution in [0.4, 0.5) is 0 Å². The zero-order valence-corrected chi connectivity index (χ0v) is 17.1. The van der Waals surface area contributed by atoms with Crippen LogP contribution in [0.25, 0.3) is 0 Å². The Labute approximate surface area is 165 Å². The summed E-state index contributed by atoms with van der Waals surface area (Å²) >= 11 is 6.09. The fraction of sp³-hybridized carbons (Fsp3) is 0.632. The summed E-state index contributed by atoms with van der Waals surface area (Å²) in [7, 11) is -3.65. The first-order chi connectivity index (χ1) is 12.8. The zero-order chi connectivity index (χ0) is 19.6. The molecular formula is C19H27ClN2O4S. The maximum atomic E-state index is 13.1. The van der Waals surface area contributed by atoms with Gasteiger partial charge < -0.3 is 10.4 Å². The monoisotopic (exact) mass is 414 g/mol. The van der Waals surface area contributed by atoms with Gasteiger partial charge >= 0.3 is 0 Å². The molecule has 0 radical (unpaired) electrons. The van der Waals surface area contributed by atoms with Crippen LogP contribution in [0.3, 0.4) is 0 Å². The van der Waals surface area contributed by atoms with E-state index in [2.05, 4.69) is 5.32 Å². The van der Waals surface area contributed by atoms with E-state index in [0.29, 0.717) is 49.2 Å². The number of carbonyl (C=O) groups excluding carboxylic acids is 1. The van der Waals surface area contributed by atoms with Gasteiger partial charge in [-0.05, 0) is 63.1 Å². The van der Waals surface area contributed by atoms with Crippen LogP contribution in [0.15, 0.2) is 23.1 Å². The van der Waals surface area contributed by atoms with Gasteiger partial charge in [0.05, 0.1) is 11.0 Å². The van der Waals surface area contributed by atoms with E-state index in [0.717, 1.165) is 6.42 Å². The Balaban J connectivity index is 1.67. The third-order valence-electron chi connectivity index (χ3n) is 5.63. The summed E-state index contributed by atoms with van der Waals surface area (Å²) in [6.07, 6.45) is 3.83. The predicted molar refractivity (Wildman–Crippen MR) is 104 cm³/mol. The molecule has 1 amide bonds. The van der Waals surface area contributed by atoms with Crippen molar-refractivity contribution in [2.24, 2.45) is 5.92 Å². The number of benzene rings is 1. The molecule has 1 atom stereocenters. The van der Waals surface area contributed by atoms with Gasteiger partial charge in [0.1, 0.15) is 0 Å². The number of carbonyl (C=O) groups is 1. The molecule has 8 heteroatoms. The van der Waals surface area contributed by atoms with E-state index in [1.165, 1.54) is 4.31 Å². The van der Waals surface area contributed by atoms with Gasteiger partial charge in [0.2, 0.25) is 15.9 Å². The van der Waals surface area contributed by atoms with Crippen LogP contribution in [-0.4, -0.2) is 49.0 Å². The summed E-state index contributed by atoms with van der Waals surface area (Å²) in [6.45, 7) is 2.42. The number of piperidine rings is 1. The van der Waals surface area contributed by atoms with Gasteiger partial charge in [-0.25, -0.2) is 8.42 Å². The molecule has 1 unspecified atom stereocenters. The maximum Gasteiger partial charge on any atom is 0.243 e. The first-order valence-electron chi connectivity index (χ1n) is 9.52. The van der Waals surface area contributed by atoms with Crippen molar-refractivity contribution in [1.82, 2.24) is 9.62 Å². The summed E-state index contributed by atoms with van der Waals surface area (Å²) in [5.41, 5.74) is 0.547. The van der Waals surface area contributed by atoms with Crippen molar-refractivity contribution >= 4 is 27.5 Å². The number of hydrogen-bond acceptors (Lipinski definition) is 4. The number of halogens is 1. The number of amides is 1. The summed E-state index contributed by atoms with van der Waals surface area (Å²) in [5.74, 6) is -0.111. The second kappa shape index (κ2) is 8.47. The summed E-state index contributed by atoms with van der Waals surface area (Å²) < 4.78 is 27.6. The van der Waals surface area contributed by atoms with Gasteiger partial charge in [0.15, 0.2) is 0 Å². The molecule has 0 spiro atoms. The quantitative estimate of drug-likeness (QED) is 0.792. The number of nitrogens with zero attached hydrogens (tertiary/aromatic N) is 1. The molecule has 6 nitrogen and oxygen atoms in total. The van der Waals surface area contributed by atoms with Gasteiger partial charge in [-0.2, -0.15) is 4.31 Å². The number of hydrogen-bond donors (Lipinski definition) is 2. The second-order valence-electron chi connectivity index (χ2n) is 7.58. The van der Waals surface area contributed by atoms with Gasteiger partial charge in [0, 0.05) is 30.1 Å². The van der Waals surface area contributed by atoms with Crippen LogP contribution in [0.1, 0.15) is 44.1 Å². The van der Waals surface area contributed by atoms with Gasteiger partial charge in [-0.15, -0.1) is 0 Å². The minimum atomic E-state index is -3.65. The predicted octanol–water partition coefficient (Wildman–Crippen LogP) is 2.47. The summed E-state index contributed by atoms with van der Waals surface area (Å²) in [5, 5.41) is 13.0. The molecule has 1 aromatic carbocycles. The smallest absolute Gasteiger partial charge is 0.243 e. The van der Waals surface area contributed by atoms with Crippen molar-refractivity contribution < 1.29 is 18.3 Å². The van der Waals surface area contributed by atoms with E-state index in [9.17, 15) is 18.3 Å². The Morgan fingerprint density at radius 2 is 1.93 bits per heavy atom. The minimum Gasteiger partial charge on any atom is -0.393 e. The molecule has 1 saturated carbocycles. The number of aliphatic hydroxyl groups excluding tert-OH is 1. The van der Waals surface area contributed by atoms with E-state index in [1.54, 1.807) is 25.1 Å².